The number of phenols is 3. The van der Waals surface area contributed by atoms with Crippen molar-refractivity contribution >= 4 is 76.2 Å². The number of methoxy groups -OCH3 is 1. The zero-order valence-corrected chi connectivity index (χ0v) is 63.5. The van der Waals surface area contributed by atoms with Crippen LogP contribution in [0.2, 0.25) is 10.0 Å². The molecule has 2 fully saturated rings. The minimum Gasteiger partial charge on any atom is -0.508 e. The molecule has 17 N–H and O–H groups in total. The third-order valence-corrected chi connectivity index (χ3v) is 21.1. The van der Waals surface area contributed by atoms with Gasteiger partial charge >= 0.3 is 11.9 Å². The van der Waals surface area contributed by atoms with Crippen LogP contribution in [0.5, 0.6) is 46.0 Å². The maximum atomic E-state index is 16.3. The van der Waals surface area contributed by atoms with Gasteiger partial charge in [-0.05, 0) is 116 Å². The van der Waals surface area contributed by atoms with E-state index in [2.05, 4.69) is 26.6 Å². The SMILES string of the molecule is CCCCOC(CNC1(C)CC(OC2C(Oc3c4cc5cc3Oc3ccc(cc3Cl)[C@@H](O)[C@@H]3NC(=O)C(CC(=O)C5NC(=O)C(CC(N)=O)CC(=O)[C@@H](NC(=O)[C@H](CC)CC(C)C)C(O)c5ccc(c(Cl)c5)O4)c4ccc(O)c(c4)-c4c(O)cc(O)cc4C(C(=O)O)NC3=O)OC(CO)C(O)C2O)OC(C)C1O)C(=O)OC. The molecule has 33 nitrogen and oxygen atoms in total. The number of carboxylic acid groups (broad SMARTS) is 1. The Kier molecular flexibility index (Phi) is 27.5. The van der Waals surface area contributed by atoms with Crippen molar-refractivity contribution in [3.8, 4) is 57.1 Å². The molecule has 112 heavy (non-hydrogen) atoms. The van der Waals surface area contributed by atoms with Gasteiger partial charge in [-0.15, -0.1) is 0 Å². The second-order valence-electron chi connectivity index (χ2n) is 29.1. The van der Waals surface area contributed by atoms with Crippen molar-refractivity contribution in [2.45, 2.75) is 196 Å². The van der Waals surface area contributed by atoms with E-state index in [1.807, 2.05) is 20.8 Å². The molecule has 7 heterocycles. The highest BCUT2D eigenvalue weighted by Gasteiger charge is 2.53. The molecular weight excluding hydrogens is 1510 g/mol. The number of aromatic hydroxyl groups is 3. The number of hydrogen-bond acceptors (Lipinski definition) is 27. The smallest absolute Gasteiger partial charge is 0.336 e. The number of nitrogens with two attached hydrogens (primary N) is 1. The molecule has 0 saturated carbocycles. The van der Waals surface area contributed by atoms with Gasteiger partial charge in [0.05, 0.1) is 47.8 Å². The number of hydrogen-bond donors (Lipinski definition) is 16. The van der Waals surface area contributed by atoms with Gasteiger partial charge in [0.15, 0.2) is 47.6 Å². The van der Waals surface area contributed by atoms with Crippen molar-refractivity contribution in [2.24, 2.45) is 23.5 Å². The van der Waals surface area contributed by atoms with Gasteiger partial charge in [-0.3, -0.25) is 33.6 Å². The van der Waals surface area contributed by atoms with Gasteiger partial charge in [0, 0.05) is 73.0 Å². The van der Waals surface area contributed by atoms with Crippen molar-refractivity contribution in [1.82, 2.24) is 26.6 Å². The van der Waals surface area contributed by atoms with Crippen molar-refractivity contribution in [2.75, 3.05) is 26.9 Å². The average molecular weight is 1600 g/mol. The molecule has 5 aromatic rings. The number of unbranched alkanes of at least 4 members (excludes halogenated alkanes) is 1. The van der Waals surface area contributed by atoms with Gasteiger partial charge in [0.1, 0.15) is 77.4 Å². The molecule has 5 aromatic carbocycles. The maximum Gasteiger partial charge on any atom is 0.336 e. The van der Waals surface area contributed by atoms with Crippen LogP contribution in [-0.4, -0.2) is 204 Å². The first-order valence-electron chi connectivity index (χ1n) is 36.5. The number of ketones is 2. The topological polar surface area (TPSA) is 516 Å². The largest absolute Gasteiger partial charge is 0.508 e. The first-order chi connectivity index (χ1) is 53.1. The van der Waals surface area contributed by atoms with Gasteiger partial charge in [0.25, 0.3) is 0 Å². The van der Waals surface area contributed by atoms with Crippen LogP contribution in [0.4, 0.5) is 0 Å². The molecule has 11 bridgehead atoms. The van der Waals surface area contributed by atoms with E-state index in [0.717, 1.165) is 67.1 Å². The van der Waals surface area contributed by atoms with Crippen LogP contribution >= 0.6 is 23.2 Å². The molecule has 0 aromatic heterocycles. The molecule has 5 amide bonds. The number of phenolic OH excluding ortho intramolecular Hbond substituents is 3. The van der Waals surface area contributed by atoms with Crippen LogP contribution in [0.3, 0.4) is 0 Å². The average Bonchev–Trinajstić information content (AvgIpc) is 0.765. The molecular formula is C77H92Cl2N6O27. The molecule has 0 aliphatic carbocycles. The van der Waals surface area contributed by atoms with Gasteiger partial charge in [0.2, 0.25) is 41.6 Å². The van der Waals surface area contributed by atoms with Crippen LogP contribution < -0.4 is 46.5 Å². The number of rotatable bonds is 21. The second-order valence-corrected chi connectivity index (χ2v) is 29.9. The van der Waals surface area contributed by atoms with Crippen molar-refractivity contribution < 1.29 is 132 Å². The minimum absolute atomic E-state index is 0.0295. The van der Waals surface area contributed by atoms with Crippen molar-refractivity contribution in [3.63, 3.8) is 0 Å². The molecule has 7 aliphatic heterocycles. The van der Waals surface area contributed by atoms with Crippen molar-refractivity contribution in [3.05, 3.63) is 117 Å². The predicted molar refractivity (Wildman–Crippen MR) is 393 cm³/mol. The molecule has 0 spiro atoms. The number of nitrogens with one attached hydrogen (secondary N) is 5. The Hall–Kier alpha value is -9.33. The van der Waals surface area contributed by atoms with Gasteiger partial charge < -0.3 is 121 Å². The summed E-state index contributed by atoms with van der Waals surface area (Å²) in [5, 5.41) is 129. The number of carbonyl (C=O) groups excluding carboxylic acids is 8. The molecule has 35 heteroatoms. The number of Topliss-reactive ketones (excluding diaryl/α,β-unsaturated/α-hetero) is 2. The Labute approximate surface area is 652 Å². The first-order valence-corrected chi connectivity index (χ1v) is 37.2. The number of esters is 1. The number of carbonyl (C=O) groups is 9. The van der Waals surface area contributed by atoms with Crippen LogP contribution in [-0.2, 0) is 66.8 Å². The summed E-state index contributed by atoms with van der Waals surface area (Å²) in [6.45, 7) is 9.51. The summed E-state index contributed by atoms with van der Waals surface area (Å²) >= 11 is 14.3. The Morgan fingerprint density at radius 1 is 0.750 bits per heavy atom. The molecule has 7 aliphatic rings. The summed E-state index contributed by atoms with van der Waals surface area (Å²) in [5.74, 6) is -20.0. The quantitative estimate of drug-likeness (QED) is 0.0355. The number of aliphatic hydroxyl groups excluding tert-OH is 6. The zero-order chi connectivity index (χ0) is 81.6. The van der Waals surface area contributed by atoms with Crippen molar-refractivity contribution in [1.29, 1.82) is 0 Å². The lowest BCUT2D eigenvalue weighted by Gasteiger charge is -2.48. The fourth-order valence-corrected chi connectivity index (χ4v) is 14.9. The summed E-state index contributed by atoms with van der Waals surface area (Å²) in [4.78, 5) is 131. The standard InChI is InChI=1S/C77H92Cl2N6O27/c1-8-10-17-106-54(75(104)105-7)30-81-77(6)29-57(107-33(5)69(77)97)111-68-66(96)65(95)55(31-86)110-76(68)112-67-52-23-38-24-53(67)109-51-16-13-37(21-45(51)79)64(94)62-73(101)83-60(74(102)103)43-26-40(87)27-47(89)58(43)42-19-35(11-14-46(42)88)41(72(100)85-62)28-49(91)59(38)82-71(99)39(25-56(80)92)22-48(90)61(84-70(98)34(9-2)18-32(3)4)63(93)36-12-15-50(108-52)44(78)20-36/h11-16,19-21,23-24,26-27,32-34,39,41,54-55,57,59-66,68-69,76,81,86-89,93-97H,8-10,17-18,22,25,28-31H2,1-7H3,(H2,80,92)(H,82,99)(H,83,101)(H,84,98)(H,85,100)(H,102,103)/t33?,34-,39?,41?,54?,55?,57?,59?,60?,61-,62+,63?,64-,65?,66?,68?,69?,76?,77?/m1/s1. The van der Waals surface area contributed by atoms with E-state index in [4.69, 9.17) is 66.8 Å². The van der Waals surface area contributed by atoms with E-state index in [9.17, 15) is 75.0 Å². The highest BCUT2D eigenvalue weighted by atomic mass is 35.5. The highest BCUT2D eigenvalue weighted by Crippen LogP contribution is 2.51. The maximum absolute atomic E-state index is 16.3. The minimum atomic E-state index is -2.26. The number of aliphatic carboxylic acids is 1. The number of fused-ring (bicyclic) bond motifs is 15. The monoisotopic (exact) mass is 1600 g/mol. The number of carboxylic acids is 1. The fraction of sp³-hybridized carbons (Fsp3) is 0.494. The van der Waals surface area contributed by atoms with E-state index in [1.54, 1.807) is 13.8 Å². The van der Waals surface area contributed by atoms with Gasteiger partial charge in [-0.25, -0.2) is 9.59 Å². The van der Waals surface area contributed by atoms with Crippen LogP contribution in [0.1, 0.15) is 151 Å². The molecule has 15 unspecified atom stereocenters. The number of halogens is 2. The van der Waals surface area contributed by atoms with E-state index in [0.29, 0.717) is 12.8 Å². The summed E-state index contributed by atoms with van der Waals surface area (Å²) in [6, 6.07) is 5.47. The molecule has 2 saturated heterocycles. The van der Waals surface area contributed by atoms with Crippen LogP contribution in [0.25, 0.3) is 11.1 Å². The molecule has 606 valence electrons. The normalized spacial score (nSPS) is 28.1. The van der Waals surface area contributed by atoms with E-state index in [1.165, 1.54) is 32.2 Å². The Morgan fingerprint density at radius 3 is 2.00 bits per heavy atom. The van der Waals surface area contributed by atoms with E-state index >= 15 is 19.2 Å². The Bertz CT molecular complexity index is 4380. The zero-order valence-electron chi connectivity index (χ0n) is 62.0. The lowest BCUT2D eigenvalue weighted by Crippen LogP contribution is -2.66. The van der Waals surface area contributed by atoms with E-state index in [-0.39, 0.29) is 59.4 Å². The lowest BCUT2D eigenvalue weighted by molar-refractivity contribution is -0.334. The molecule has 0 radical (unpaired) electrons. The fourth-order valence-electron chi connectivity index (χ4n) is 14.4. The third-order valence-electron chi connectivity index (χ3n) is 20.5. The third kappa shape index (κ3) is 19.0. The number of primary amides is 1. The summed E-state index contributed by atoms with van der Waals surface area (Å²) in [6.07, 6.45) is -20.4. The second kappa shape index (κ2) is 36.2. The van der Waals surface area contributed by atoms with Crippen LogP contribution in [0.15, 0.2) is 78.9 Å². The predicted octanol–water partition coefficient (Wildman–Crippen LogP) is 4.51. The lowest BCUT2D eigenvalue weighted by atomic mass is 9.84. The van der Waals surface area contributed by atoms with Gasteiger partial charge in [-0.2, -0.15) is 0 Å². The summed E-state index contributed by atoms with van der Waals surface area (Å²) in [7, 11) is 1.18. The number of aliphatic hydroxyl groups is 6. The number of ether oxygens (including phenoxy) is 8. The van der Waals surface area contributed by atoms with Crippen LogP contribution in [0, 0.1) is 17.8 Å². The highest BCUT2D eigenvalue weighted by molar-refractivity contribution is 6.32. The first kappa shape index (κ1) is 85.1. The Morgan fingerprint density at radius 2 is 1.40 bits per heavy atom. The summed E-state index contributed by atoms with van der Waals surface area (Å²) in [5.41, 5.74) is 1.92. The Balaban J connectivity index is 1.21. The summed E-state index contributed by atoms with van der Waals surface area (Å²) < 4.78 is 50.1. The molecule has 12 rings (SSSR count). The van der Waals surface area contributed by atoms with E-state index < -0.39 is 261 Å². The molecule has 19 atom stereocenters. The number of benzene rings is 5. The van der Waals surface area contributed by atoms with Gasteiger partial charge in [-0.1, -0.05) is 75.5 Å². The number of amides is 5.